The number of Topliss-reactive ketones (excluding diaryl/α,β-unsaturated/α-hetero) is 2. The molecule has 0 fully saturated rings. The molecular weight excluding hydrogens is 366 g/mol. The minimum atomic E-state index is -0.221. The summed E-state index contributed by atoms with van der Waals surface area (Å²) in [7, 11) is 1.60. The van der Waals surface area contributed by atoms with Gasteiger partial charge in [0.05, 0.1) is 13.0 Å². The molecule has 1 N–H and O–H groups in total. The van der Waals surface area contributed by atoms with Crippen molar-refractivity contribution in [1.29, 1.82) is 0 Å². The number of carbonyl (C=O) groups excluding carboxylic acids is 3. The average Bonchev–Trinajstić information content (AvgIpc) is 2.70. The van der Waals surface area contributed by atoms with Crippen LogP contribution in [-0.2, 0) is 10.2 Å². The molecule has 5 heteroatoms. The van der Waals surface area contributed by atoms with Gasteiger partial charge >= 0.3 is 0 Å². The summed E-state index contributed by atoms with van der Waals surface area (Å²) in [6.07, 6.45) is 0.857. The molecule has 0 radical (unpaired) electrons. The van der Waals surface area contributed by atoms with Crippen LogP contribution in [0, 0.1) is 0 Å². The Labute approximate surface area is 172 Å². The molecule has 2 aromatic rings. The number of hydrogen-bond acceptors (Lipinski definition) is 4. The van der Waals surface area contributed by atoms with Crippen molar-refractivity contribution >= 4 is 17.5 Å². The first-order valence-corrected chi connectivity index (χ1v) is 9.81. The summed E-state index contributed by atoms with van der Waals surface area (Å²) in [4.78, 5) is 36.0. The first kappa shape index (κ1) is 22.3. The van der Waals surface area contributed by atoms with Crippen LogP contribution in [0.5, 0.6) is 5.75 Å². The van der Waals surface area contributed by atoms with Gasteiger partial charge in [-0.1, -0.05) is 45.0 Å². The smallest absolute Gasteiger partial charge is 0.219 e. The molecule has 2 rings (SSSR count). The zero-order valence-corrected chi connectivity index (χ0v) is 17.6. The maximum atomic E-state index is 12.4. The molecule has 0 spiro atoms. The van der Waals surface area contributed by atoms with Gasteiger partial charge in [-0.2, -0.15) is 0 Å². The van der Waals surface area contributed by atoms with Crippen molar-refractivity contribution in [2.45, 2.75) is 45.4 Å². The van der Waals surface area contributed by atoms with E-state index in [4.69, 9.17) is 4.74 Å². The first-order valence-electron chi connectivity index (χ1n) is 9.81. The molecule has 0 aromatic heterocycles. The fraction of sp³-hybridized carbons (Fsp3) is 0.375. The molecule has 0 saturated carbocycles. The predicted octanol–water partition coefficient (Wildman–Crippen LogP) is 4.34. The van der Waals surface area contributed by atoms with Gasteiger partial charge in [-0.15, -0.1) is 0 Å². The second-order valence-corrected chi connectivity index (χ2v) is 8.00. The SMILES string of the molecule is CNC(=O)CCCOc1ccc(C(=O)CC(=O)c2ccc(C(C)(C)C)cc2)cc1. The van der Waals surface area contributed by atoms with Gasteiger partial charge in [0, 0.05) is 24.6 Å². The highest BCUT2D eigenvalue weighted by Crippen LogP contribution is 2.23. The number of ketones is 2. The van der Waals surface area contributed by atoms with Crippen molar-refractivity contribution in [3.8, 4) is 5.75 Å². The van der Waals surface area contributed by atoms with Gasteiger partial charge in [-0.3, -0.25) is 14.4 Å². The first-order chi connectivity index (χ1) is 13.7. The van der Waals surface area contributed by atoms with Crippen LogP contribution in [0.15, 0.2) is 48.5 Å². The summed E-state index contributed by atoms with van der Waals surface area (Å²) >= 11 is 0. The Morgan fingerprint density at radius 1 is 0.862 bits per heavy atom. The second kappa shape index (κ2) is 10.0. The van der Waals surface area contributed by atoms with Gasteiger partial charge in [0.25, 0.3) is 0 Å². The van der Waals surface area contributed by atoms with E-state index in [1.165, 1.54) is 0 Å². The Morgan fingerprint density at radius 2 is 1.38 bits per heavy atom. The van der Waals surface area contributed by atoms with Crippen LogP contribution < -0.4 is 10.1 Å². The third kappa shape index (κ3) is 6.86. The summed E-state index contributed by atoms with van der Waals surface area (Å²) in [6.45, 7) is 6.76. The number of rotatable bonds is 9. The number of carbonyl (C=O) groups is 3. The normalized spacial score (nSPS) is 11.0. The third-order valence-electron chi connectivity index (χ3n) is 4.67. The van der Waals surface area contributed by atoms with Crippen molar-refractivity contribution in [3.05, 3.63) is 65.2 Å². The lowest BCUT2D eigenvalue weighted by molar-refractivity contribution is -0.120. The maximum absolute atomic E-state index is 12.4. The number of hydrogen-bond donors (Lipinski definition) is 1. The van der Waals surface area contributed by atoms with Gasteiger partial charge in [0.15, 0.2) is 11.6 Å². The van der Waals surface area contributed by atoms with Gasteiger partial charge in [-0.05, 0) is 41.7 Å². The van der Waals surface area contributed by atoms with E-state index in [2.05, 4.69) is 26.1 Å². The maximum Gasteiger partial charge on any atom is 0.219 e. The second-order valence-electron chi connectivity index (χ2n) is 8.00. The minimum Gasteiger partial charge on any atom is -0.494 e. The van der Waals surface area contributed by atoms with E-state index < -0.39 is 0 Å². The Morgan fingerprint density at radius 3 is 1.86 bits per heavy atom. The highest BCUT2D eigenvalue weighted by molar-refractivity contribution is 6.13. The molecule has 0 heterocycles. The molecule has 29 heavy (non-hydrogen) atoms. The summed E-state index contributed by atoms with van der Waals surface area (Å²) in [5.41, 5.74) is 2.18. The van der Waals surface area contributed by atoms with Crippen molar-refractivity contribution < 1.29 is 19.1 Å². The predicted molar refractivity (Wildman–Crippen MR) is 114 cm³/mol. The van der Waals surface area contributed by atoms with E-state index in [1.807, 2.05) is 12.1 Å². The van der Waals surface area contributed by atoms with Gasteiger partial charge in [0.1, 0.15) is 5.75 Å². The zero-order valence-electron chi connectivity index (χ0n) is 17.6. The molecule has 0 bridgehead atoms. The van der Waals surface area contributed by atoms with E-state index in [0.717, 1.165) is 5.56 Å². The molecule has 0 aliphatic carbocycles. The van der Waals surface area contributed by atoms with E-state index >= 15 is 0 Å². The zero-order chi connectivity index (χ0) is 21.4. The number of benzene rings is 2. The van der Waals surface area contributed by atoms with Gasteiger partial charge in [0.2, 0.25) is 5.91 Å². The molecule has 154 valence electrons. The molecule has 0 saturated heterocycles. The highest BCUT2D eigenvalue weighted by Gasteiger charge is 2.16. The van der Waals surface area contributed by atoms with Crippen LogP contribution in [0.25, 0.3) is 0 Å². The van der Waals surface area contributed by atoms with E-state index in [-0.39, 0.29) is 29.3 Å². The number of amides is 1. The quantitative estimate of drug-likeness (QED) is 0.389. The van der Waals surface area contributed by atoms with Crippen molar-refractivity contribution in [2.75, 3.05) is 13.7 Å². The van der Waals surface area contributed by atoms with E-state index in [9.17, 15) is 14.4 Å². The molecule has 0 aliphatic rings. The Kier molecular flexibility index (Phi) is 7.71. The third-order valence-corrected chi connectivity index (χ3v) is 4.67. The lowest BCUT2D eigenvalue weighted by Crippen LogP contribution is -2.18. The van der Waals surface area contributed by atoms with Crippen molar-refractivity contribution in [2.24, 2.45) is 0 Å². The van der Waals surface area contributed by atoms with Gasteiger partial charge in [-0.25, -0.2) is 0 Å². The minimum absolute atomic E-state index is 0.0175. The fourth-order valence-electron chi connectivity index (χ4n) is 2.79. The monoisotopic (exact) mass is 395 g/mol. The molecular formula is C24H29NO4. The van der Waals surface area contributed by atoms with Gasteiger partial charge < -0.3 is 10.1 Å². The Balaban J connectivity index is 1.88. The summed E-state index contributed by atoms with van der Waals surface area (Å²) in [5.74, 6) is 0.195. The van der Waals surface area contributed by atoms with Crippen LogP contribution >= 0.6 is 0 Å². The van der Waals surface area contributed by atoms with E-state index in [1.54, 1.807) is 43.4 Å². The molecule has 0 atom stereocenters. The average molecular weight is 395 g/mol. The fourth-order valence-corrected chi connectivity index (χ4v) is 2.79. The largest absolute Gasteiger partial charge is 0.494 e. The summed E-state index contributed by atoms with van der Waals surface area (Å²) in [5, 5.41) is 2.56. The van der Waals surface area contributed by atoms with Crippen molar-refractivity contribution in [1.82, 2.24) is 5.32 Å². The Hall–Kier alpha value is -2.95. The van der Waals surface area contributed by atoms with Crippen LogP contribution in [0.3, 0.4) is 0 Å². The lowest BCUT2D eigenvalue weighted by atomic mass is 9.86. The van der Waals surface area contributed by atoms with Crippen LogP contribution in [-0.4, -0.2) is 31.1 Å². The molecule has 0 unspecified atom stereocenters. The molecule has 5 nitrogen and oxygen atoms in total. The highest BCUT2D eigenvalue weighted by atomic mass is 16.5. The standard InChI is InChI=1S/C24H29NO4/c1-24(2,3)19-11-7-17(8-12-19)21(26)16-22(27)18-9-13-20(14-10-18)29-15-5-6-23(28)25-4/h7-14H,5-6,15-16H2,1-4H3,(H,25,28). The summed E-state index contributed by atoms with van der Waals surface area (Å²) < 4.78 is 5.57. The van der Waals surface area contributed by atoms with E-state index in [0.29, 0.717) is 36.3 Å². The van der Waals surface area contributed by atoms with Crippen molar-refractivity contribution in [3.63, 3.8) is 0 Å². The number of nitrogens with one attached hydrogen (secondary N) is 1. The molecule has 1 amide bonds. The topological polar surface area (TPSA) is 72.5 Å². The summed E-state index contributed by atoms with van der Waals surface area (Å²) in [6, 6.07) is 14.2. The molecule has 0 aliphatic heterocycles. The lowest BCUT2D eigenvalue weighted by Gasteiger charge is -2.18. The number of ether oxygens (including phenoxy) is 1. The van der Waals surface area contributed by atoms with Crippen LogP contribution in [0.2, 0.25) is 0 Å². The Bertz CT molecular complexity index is 846. The molecule has 2 aromatic carbocycles. The van der Waals surface area contributed by atoms with Crippen LogP contribution in [0.4, 0.5) is 0 Å². The van der Waals surface area contributed by atoms with Crippen LogP contribution in [0.1, 0.15) is 66.3 Å².